The molecular weight excluding hydrogens is 434 g/mol. The molecule has 0 aliphatic carbocycles. The minimum atomic E-state index is -0.305. The van der Waals surface area contributed by atoms with Crippen molar-refractivity contribution >= 4 is 40.1 Å². The first-order valence-corrected chi connectivity index (χ1v) is 11.2. The van der Waals surface area contributed by atoms with E-state index in [0.29, 0.717) is 30.5 Å². The first kappa shape index (κ1) is 21.6. The van der Waals surface area contributed by atoms with Gasteiger partial charge in [-0.3, -0.25) is 20.4 Å². The van der Waals surface area contributed by atoms with Crippen molar-refractivity contribution < 1.29 is 9.59 Å². The second-order valence-corrected chi connectivity index (χ2v) is 8.08. The molecule has 3 aromatic heterocycles. The molecule has 0 bridgehead atoms. The highest BCUT2D eigenvalue weighted by Crippen LogP contribution is 2.20. The van der Waals surface area contributed by atoms with Gasteiger partial charge in [0.2, 0.25) is 17.8 Å². The quantitative estimate of drug-likeness (QED) is 0.417. The summed E-state index contributed by atoms with van der Waals surface area (Å²) in [7, 11) is 0. The Labute approximate surface area is 195 Å². The molecule has 0 saturated carbocycles. The summed E-state index contributed by atoms with van der Waals surface area (Å²) in [4.78, 5) is 42.3. The van der Waals surface area contributed by atoms with Crippen LogP contribution < -0.4 is 15.8 Å². The van der Waals surface area contributed by atoms with Gasteiger partial charge in [-0.1, -0.05) is 18.2 Å². The van der Waals surface area contributed by atoms with E-state index in [1.807, 2.05) is 42.5 Å². The van der Waals surface area contributed by atoms with Gasteiger partial charge in [-0.25, -0.2) is 15.0 Å². The monoisotopic (exact) mass is 459 g/mol. The number of amides is 2. The Morgan fingerprint density at radius 2 is 1.76 bits per heavy atom. The van der Waals surface area contributed by atoms with Crippen LogP contribution in [0, 0.1) is 6.92 Å². The first-order chi connectivity index (χ1) is 16.6. The number of pyridine rings is 1. The number of carbonyl (C=O) groups excluding carboxylic acids is 2. The molecule has 34 heavy (non-hydrogen) atoms. The number of nitrogens with zero attached hydrogens (tertiary/aromatic N) is 7. The van der Waals surface area contributed by atoms with Crippen LogP contribution in [-0.4, -0.2) is 67.5 Å². The summed E-state index contributed by atoms with van der Waals surface area (Å²) < 4.78 is 1.56. The Bertz CT molecular complexity index is 1330. The van der Waals surface area contributed by atoms with Crippen molar-refractivity contribution in [1.82, 2.24) is 34.9 Å². The SMILES string of the molecule is Cc1nc2c3ccccc3nc(NNC(=O)CCC(=O)N3CCN(c4ccccn4)CC3)n2n1. The van der Waals surface area contributed by atoms with E-state index in [1.165, 1.54) is 0 Å². The van der Waals surface area contributed by atoms with E-state index in [2.05, 4.69) is 35.8 Å². The van der Waals surface area contributed by atoms with Gasteiger partial charge in [0.1, 0.15) is 11.6 Å². The maximum absolute atomic E-state index is 12.6. The first-order valence-electron chi connectivity index (χ1n) is 11.2. The molecule has 1 aliphatic rings. The summed E-state index contributed by atoms with van der Waals surface area (Å²) in [6, 6.07) is 13.4. The van der Waals surface area contributed by atoms with Crippen molar-refractivity contribution in [2.75, 3.05) is 36.5 Å². The molecule has 1 saturated heterocycles. The van der Waals surface area contributed by atoms with E-state index < -0.39 is 0 Å². The molecule has 0 radical (unpaired) electrons. The standard InChI is InChI=1S/C23H25N9O2/c1-16-25-22-17-6-2-3-7-18(17)26-23(32(22)29-16)28-27-20(33)9-10-21(34)31-14-12-30(13-15-31)19-8-4-5-11-24-19/h2-8,11H,9-10,12-15H2,1H3,(H,26,28)(H,27,33). The fourth-order valence-corrected chi connectivity index (χ4v) is 4.03. The van der Waals surface area contributed by atoms with Crippen molar-refractivity contribution in [3.63, 3.8) is 0 Å². The zero-order chi connectivity index (χ0) is 23.5. The number of anilines is 2. The minimum absolute atomic E-state index is 0.0334. The fraction of sp³-hybridized carbons (Fsp3) is 0.304. The molecule has 1 aliphatic heterocycles. The number of hydrazine groups is 1. The van der Waals surface area contributed by atoms with Gasteiger partial charge in [-0.2, -0.15) is 4.52 Å². The molecule has 0 atom stereocenters. The number of carbonyl (C=O) groups is 2. The van der Waals surface area contributed by atoms with Gasteiger partial charge in [-0.05, 0) is 31.2 Å². The number of piperazine rings is 1. The summed E-state index contributed by atoms with van der Waals surface area (Å²) in [5.41, 5.74) is 6.84. The van der Waals surface area contributed by atoms with E-state index in [9.17, 15) is 9.59 Å². The third kappa shape index (κ3) is 4.45. The third-order valence-corrected chi connectivity index (χ3v) is 5.77. The van der Waals surface area contributed by atoms with Crippen LogP contribution in [0.3, 0.4) is 0 Å². The lowest BCUT2D eigenvalue weighted by atomic mass is 10.2. The summed E-state index contributed by atoms with van der Waals surface area (Å²) >= 11 is 0. The molecular formula is C23H25N9O2. The lowest BCUT2D eigenvalue weighted by molar-refractivity contribution is -0.133. The number of hydrogen-bond donors (Lipinski definition) is 2. The zero-order valence-corrected chi connectivity index (χ0v) is 18.8. The van der Waals surface area contributed by atoms with E-state index in [4.69, 9.17) is 0 Å². The second kappa shape index (κ2) is 9.30. The number of nitrogens with one attached hydrogen (secondary N) is 2. The van der Waals surface area contributed by atoms with Crippen LogP contribution >= 0.6 is 0 Å². The van der Waals surface area contributed by atoms with Crippen molar-refractivity contribution in [3.05, 3.63) is 54.5 Å². The lowest BCUT2D eigenvalue weighted by Crippen LogP contribution is -2.49. The molecule has 2 amide bonds. The van der Waals surface area contributed by atoms with Gasteiger partial charge in [0, 0.05) is 50.6 Å². The van der Waals surface area contributed by atoms with E-state index in [0.717, 1.165) is 29.8 Å². The Morgan fingerprint density at radius 1 is 0.971 bits per heavy atom. The highest BCUT2D eigenvalue weighted by molar-refractivity contribution is 5.92. The normalized spacial score (nSPS) is 13.9. The Morgan fingerprint density at radius 3 is 2.56 bits per heavy atom. The summed E-state index contributed by atoms with van der Waals surface area (Å²) in [5, 5.41) is 5.23. The molecule has 5 rings (SSSR count). The maximum atomic E-state index is 12.6. The molecule has 11 heteroatoms. The zero-order valence-electron chi connectivity index (χ0n) is 18.8. The number of rotatable bonds is 6. The molecule has 0 unspecified atom stereocenters. The number of aryl methyl sites for hydroxylation is 1. The molecule has 174 valence electrons. The highest BCUT2D eigenvalue weighted by atomic mass is 16.2. The highest BCUT2D eigenvalue weighted by Gasteiger charge is 2.22. The van der Waals surface area contributed by atoms with Crippen LogP contribution in [-0.2, 0) is 9.59 Å². The summed E-state index contributed by atoms with van der Waals surface area (Å²) in [6.45, 7) is 4.46. The lowest BCUT2D eigenvalue weighted by Gasteiger charge is -2.35. The molecule has 4 aromatic rings. The Hall–Kier alpha value is -4.28. The Kier molecular flexibility index (Phi) is 5.90. The average molecular weight is 460 g/mol. The van der Waals surface area contributed by atoms with Crippen molar-refractivity contribution in [2.24, 2.45) is 0 Å². The summed E-state index contributed by atoms with van der Waals surface area (Å²) in [6.07, 6.45) is 1.97. The van der Waals surface area contributed by atoms with Crippen molar-refractivity contribution in [2.45, 2.75) is 19.8 Å². The number of benzene rings is 1. The van der Waals surface area contributed by atoms with Gasteiger partial charge < -0.3 is 9.80 Å². The van der Waals surface area contributed by atoms with Crippen LogP contribution in [0.25, 0.3) is 16.6 Å². The molecule has 2 N–H and O–H groups in total. The van der Waals surface area contributed by atoms with Gasteiger partial charge in [0.25, 0.3) is 0 Å². The van der Waals surface area contributed by atoms with Gasteiger partial charge in [0.05, 0.1) is 5.52 Å². The van der Waals surface area contributed by atoms with Gasteiger partial charge >= 0.3 is 0 Å². The average Bonchev–Trinajstić information content (AvgIpc) is 3.28. The van der Waals surface area contributed by atoms with Crippen LogP contribution in [0.15, 0.2) is 48.7 Å². The Balaban J connectivity index is 1.14. The smallest absolute Gasteiger partial charge is 0.245 e. The van der Waals surface area contributed by atoms with E-state index in [-0.39, 0.29) is 24.7 Å². The van der Waals surface area contributed by atoms with Gasteiger partial charge in [0.15, 0.2) is 5.65 Å². The number of aromatic nitrogens is 5. The van der Waals surface area contributed by atoms with Crippen LogP contribution in [0.2, 0.25) is 0 Å². The minimum Gasteiger partial charge on any atom is -0.353 e. The van der Waals surface area contributed by atoms with Gasteiger partial charge in [-0.15, -0.1) is 5.10 Å². The van der Waals surface area contributed by atoms with Crippen LogP contribution in [0.1, 0.15) is 18.7 Å². The number of para-hydroxylation sites is 1. The van der Waals surface area contributed by atoms with Crippen LogP contribution in [0.4, 0.5) is 11.8 Å². The predicted molar refractivity (Wildman–Crippen MR) is 127 cm³/mol. The molecule has 0 spiro atoms. The topological polar surface area (TPSA) is 121 Å². The number of fused-ring (bicyclic) bond motifs is 3. The largest absolute Gasteiger partial charge is 0.353 e. The second-order valence-electron chi connectivity index (χ2n) is 8.08. The molecule has 1 aromatic carbocycles. The summed E-state index contributed by atoms with van der Waals surface area (Å²) in [5.74, 6) is 1.52. The van der Waals surface area contributed by atoms with E-state index in [1.54, 1.807) is 22.5 Å². The van der Waals surface area contributed by atoms with Crippen molar-refractivity contribution in [1.29, 1.82) is 0 Å². The number of hydrogen-bond acceptors (Lipinski definition) is 8. The predicted octanol–water partition coefficient (Wildman–Crippen LogP) is 1.55. The third-order valence-electron chi connectivity index (χ3n) is 5.77. The molecule has 11 nitrogen and oxygen atoms in total. The fourth-order valence-electron chi connectivity index (χ4n) is 4.03. The van der Waals surface area contributed by atoms with Crippen LogP contribution in [0.5, 0.6) is 0 Å². The molecule has 4 heterocycles. The van der Waals surface area contributed by atoms with Crippen molar-refractivity contribution in [3.8, 4) is 0 Å². The van der Waals surface area contributed by atoms with E-state index >= 15 is 0 Å². The molecule has 1 fully saturated rings. The maximum Gasteiger partial charge on any atom is 0.245 e.